The van der Waals surface area contributed by atoms with Crippen LogP contribution in [0.4, 0.5) is 5.69 Å². The highest BCUT2D eigenvalue weighted by Crippen LogP contribution is 2.44. The molecule has 0 N–H and O–H groups in total. The first kappa shape index (κ1) is 12.7. The first-order valence-corrected chi connectivity index (χ1v) is 7.14. The zero-order chi connectivity index (χ0) is 13.6. The van der Waals surface area contributed by atoms with Crippen molar-refractivity contribution < 1.29 is 14.3 Å². The van der Waals surface area contributed by atoms with Crippen LogP contribution in [0, 0.1) is 11.8 Å². The molecule has 100 valence electrons. The van der Waals surface area contributed by atoms with E-state index < -0.39 is 0 Å². The van der Waals surface area contributed by atoms with E-state index in [2.05, 4.69) is 15.9 Å². The number of ether oxygens (including phenoxy) is 1. The Balaban J connectivity index is 2.05. The molecule has 2 aliphatic rings. The number of hydrogen-bond donors (Lipinski definition) is 0. The quantitative estimate of drug-likeness (QED) is 0.786. The summed E-state index contributed by atoms with van der Waals surface area (Å²) in [5, 5.41) is 0. The van der Waals surface area contributed by atoms with Crippen molar-refractivity contribution in [2.75, 3.05) is 12.0 Å². The van der Waals surface area contributed by atoms with Gasteiger partial charge in [0.2, 0.25) is 11.8 Å². The minimum Gasteiger partial charge on any atom is -0.495 e. The van der Waals surface area contributed by atoms with Crippen LogP contribution >= 0.6 is 15.9 Å². The zero-order valence-electron chi connectivity index (χ0n) is 10.6. The van der Waals surface area contributed by atoms with Gasteiger partial charge in [0.1, 0.15) is 5.75 Å². The van der Waals surface area contributed by atoms with Gasteiger partial charge in [-0.15, -0.1) is 0 Å². The van der Waals surface area contributed by atoms with Gasteiger partial charge in [-0.3, -0.25) is 9.59 Å². The average Bonchev–Trinajstić information content (AvgIpc) is 2.95. The molecule has 1 saturated heterocycles. The van der Waals surface area contributed by atoms with Crippen LogP contribution in [-0.4, -0.2) is 18.9 Å². The zero-order valence-corrected chi connectivity index (χ0v) is 12.1. The van der Waals surface area contributed by atoms with Crippen molar-refractivity contribution in [2.24, 2.45) is 11.8 Å². The lowest BCUT2D eigenvalue weighted by molar-refractivity contribution is -0.122. The lowest BCUT2D eigenvalue weighted by atomic mass is 10.00. The minimum absolute atomic E-state index is 0.0797. The van der Waals surface area contributed by atoms with Crippen LogP contribution in [0.25, 0.3) is 0 Å². The number of imide groups is 1. The topological polar surface area (TPSA) is 46.6 Å². The number of halogens is 1. The number of fused-ring (bicyclic) bond motifs is 1. The molecule has 4 nitrogen and oxygen atoms in total. The largest absolute Gasteiger partial charge is 0.495 e. The average molecular weight is 324 g/mol. The van der Waals surface area contributed by atoms with E-state index in [-0.39, 0.29) is 23.7 Å². The Labute approximate surface area is 119 Å². The Kier molecular flexibility index (Phi) is 3.09. The monoisotopic (exact) mass is 323 g/mol. The third-order valence-electron chi connectivity index (χ3n) is 3.97. The molecule has 2 fully saturated rings. The molecule has 1 heterocycles. The minimum atomic E-state index is -0.129. The molecule has 1 saturated carbocycles. The molecule has 1 aliphatic carbocycles. The summed E-state index contributed by atoms with van der Waals surface area (Å²) in [4.78, 5) is 26.1. The van der Waals surface area contributed by atoms with Crippen molar-refractivity contribution in [1.82, 2.24) is 0 Å². The van der Waals surface area contributed by atoms with Gasteiger partial charge in [-0.1, -0.05) is 22.4 Å². The molecule has 2 atom stereocenters. The number of benzene rings is 1. The molecule has 5 heteroatoms. The summed E-state index contributed by atoms with van der Waals surface area (Å²) in [5.41, 5.74) is 0.543. The van der Waals surface area contributed by atoms with Crippen molar-refractivity contribution in [3.63, 3.8) is 0 Å². The van der Waals surface area contributed by atoms with Crippen molar-refractivity contribution >= 4 is 33.4 Å². The summed E-state index contributed by atoms with van der Waals surface area (Å²) in [6.07, 6.45) is 2.61. The van der Waals surface area contributed by atoms with Crippen LogP contribution < -0.4 is 9.64 Å². The summed E-state index contributed by atoms with van der Waals surface area (Å²) < 4.78 is 6.08. The van der Waals surface area contributed by atoms with Gasteiger partial charge in [0.05, 0.1) is 24.6 Å². The standard InChI is InChI=1S/C14H14BrNO3/c1-19-12-6-5-8(15)7-11(12)16-13(17)9-3-2-4-10(9)14(16)18/h5-7,9-10H,2-4H2,1H3. The van der Waals surface area contributed by atoms with Crippen molar-refractivity contribution in [1.29, 1.82) is 0 Å². The Bertz CT molecular complexity index is 536. The first-order valence-electron chi connectivity index (χ1n) is 6.35. The maximum Gasteiger partial charge on any atom is 0.237 e. The summed E-state index contributed by atoms with van der Waals surface area (Å²) in [7, 11) is 1.54. The molecule has 0 radical (unpaired) electrons. The number of amides is 2. The van der Waals surface area contributed by atoms with Gasteiger partial charge in [-0.2, -0.15) is 0 Å². The Morgan fingerprint density at radius 3 is 2.42 bits per heavy atom. The maximum atomic E-state index is 12.4. The number of nitrogens with zero attached hydrogens (tertiary/aromatic N) is 1. The van der Waals surface area contributed by atoms with E-state index in [1.54, 1.807) is 19.2 Å². The van der Waals surface area contributed by atoms with Crippen LogP contribution in [0.15, 0.2) is 22.7 Å². The van der Waals surface area contributed by atoms with Gasteiger partial charge in [-0.25, -0.2) is 4.90 Å². The highest BCUT2D eigenvalue weighted by Gasteiger charge is 2.50. The lowest BCUT2D eigenvalue weighted by Gasteiger charge is -2.19. The van der Waals surface area contributed by atoms with Crippen LogP contribution in [-0.2, 0) is 9.59 Å². The summed E-state index contributed by atoms with van der Waals surface area (Å²) in [5.74, 6) is 0.130. The third-order valence-corrected chi connectivity index (χ3v) is 4.47. The normalized spacial score (nSPS) is 25.9. The number of methoxy groups -OCH3 is 1. The predicted octanol–water partition coefficient (Wildman–Crippen LogP) is 2.75. The van der Waals surface area contributed by atoms with Crippen molar-refractivity contribution in [2.45, 2.75) is 19.3 Å². The molecule has 0 spiro atoms. The molecular formula is C14H14BrNO3. The van der Waals surface area contributed by atoms with Gasteiger partial charge in [0.25, 0.3) is 0 Å². The molecule has 0 bridgehead atoms. The molecular weight excluding hydrogens is 310 g/mol. The van der Waals surface area contributed by atoms with Crippen molar-refractivity contribution in [3.05, 3.63) is 22.7 Å². The summed E-state index contributed by atoms with van der Waals surface area (Å²) in [6.45, 7) is 0. The van der Waals surface area contributed by atoms with Crippen LogP contribution in [0.5, 0.6) is 5.75 Å². The molecule has 3 rings (SSSR count). The number of carbonyl (C=O) groups is 2. The molecule has 1 aliphatic heterocycles. The van der Waals surface area contributed by atoms with Gasteiger partial charge in [0.15, 0.2) is 0 Å². The maximum absolute atomic E-state index is 12.4. The van der Waals surface area contributed by atoms with Gasteiger partial charge >= 0.3 is 0 Å². The molecule has 0 aromatic heterocycles. The van der Waals surface area contributed by atoms with Crippen LogP contribution in [0.2, 0.25) is 0 Å². The van der Waals surface area contributed by atoms with E-state index in [9.17, 15) is 9.59 Å². The van der Waals surface area contributed by atoms with Gasteiger partial charge < -0.3 is 4.74 Å². The molecule has 19 heavy (non-hydrogen) atoms. The second-order valence-electron chi connectivity index (χ2n) is 4.97. The van der Waals surface area contributed by atoms with E-state index in [1.807, 2.05) is 6.07 Å². The third kappa shape index (κ3) is 1.87. The number of anilines is 1. The van der Waals surface area contributed by atoms with Gasteiger partial charge in [-0.05, 0) is 31.0 Å². The number of hydrogen-bond acceptors (Lipinski definition) is 3. The molecule has 2 unspecified atom stereocenters. The second-order valence-corrected chi connectivity index (χ2v) is 5.89. The smallest absolute Gasteiger partial charge is 0.237 e. The fourth-order valence-electron chi connectivity index (χ4n) is 3.07. The van der Waals surface area contributed by atoms with E-state index in [4.69, 9.17) is 4.74 Å². The first-order chi connectivity index (χ1) is 9.13. The summed E-state index contributed by atoms with van der Waals surface area (Å²) >= 11 is 3.37. The Hall–Kier alpha value is -1.36. The fraction of sp³-hybridized carbons (Fsp3) is 0.429. The Morgan fingerprint density at radius 2 is 1.84 bits per heavy atom. The SMILES string of the molecule is COc1ccc(Br)cc1N1C(=O)C2CCCC2C1=O. The van der Waals surface area contributed by atoms with Crippen LogP contribution in [0.3, 0.4) is 0 Å². The predicted molar refractivity (Wildman–Crippen MR) is 74.0 cm³/mol. The highest BCUT2D eigenvalue weighted by atomic mass is 79.9. The van der Waals surface area contributed by atoms with E-state index >= 15 is 0 Å². The van der Waals surface area contributed by atoms with Gasteiger partial charge in [0, 0.05) is 4.47 Å². The van der Waals surface area contributed by atoms with E-state index in [0.717, 1.165) is 23.7 Å². The van der Waals surface area contributed by atoms with Crippen molar-refractivity contribution in [3.8, 4) is 5.75 Å². The second kappa shape index (κ2) is 4.63. The van der Waals surface area contributed by atoms with Crippen LogP contribution in [0.1, 0.15) is 19.3 Å². The van der Waals surface area contributed by atoms with E-state index in [0.29, 0.717) is 11.4 Å². The summed E-state index contributed by atoms with van der Waals surface area (Å²) in [6, 6.07) is 5.35. The molecule has 2 amide bonds. The molecule has 1 aromatic carbocycles. The van der Waals surface area contributed by atoms with E-state index in [1.165, 1.54) is 4.90 Å². The number of carbonyl (C=O) groups excluding carboxylic acids is 2. The Morgan fingerprint density at radius 1 is 1.21 bits per heavy atom. The highest BCUT2D eigenvalue weighted by molar-refractivity contribution is 9.10. The lowest BCUT2D eigenvalue weighted by Crippen LogP contribution is -2.31. The number of rotatable bonds is 2. The fourth-order valence-corrected chi connectivity index (χ4v) is 3.42. The molecule has 1 aromatic rings.